The molecule has 0 aliphatic carbocycles. The van der Waals surface area contributed by atoms with Gasteiger partial charge in [0, 0.05) is 27.1 Å². The van der Waals surface area contributed by atoms with E-state index in [-0.39, 0.29) is 17.2 Å². The molecule has 4 aromatic carbocycles. The Morgan fingerprint density at radius 1 is 0.796 bits per heavy atom. The van der Waals surface area contributed by atoms with Gasteiger partial charge in [-0.3, -0.25) is 14.4 Å². The van der Waals surface area contributed by atoms with E-state index in [0.717, 1.165) is 11.1 Å². The molecule has 5 rings (SSSR count). The number of carbonyl (C=O) groups is 4. The summed E-state index contributed by atoms with van der Waals surface area (Å²) < 4.78 is 21.4. The van der Waals surface area contributed by atoms with E-state index in [9.17, 15) is 19.2 Å². The molecule has 13 heteroatoms. The number of rotatable bonds is 14. The molecule has 0 radical (unpaired) electrons. The minimum Gasteiger partial charge on any atom is -0.493 e. The van der Waals surface area contributed by atoms with Crippen LogP contribution in [0.5, 0.6) is 17.2 Å². The Balaban J connectivity index is 1.35. The molecule has 1 aromatic heterocycles. The van der Waals surface area contributed by atoms with Crippen LogP contribution in [0.15, 0.2) is 107 Å². The molecule has 0 aliphatic rings. The maximum Gasteiger partial charge on any atom is 0.341 e. The van der Waals surface area contributed by atoms with E-state index in [4.69, 9.17) is 18.9 Å². The Morgan fingerprint density at radius 3 is 2.11 bits per heavy atom. The molecule has 0 saturated carbocycles. The second-order valence-corrected chi connectivity index (χ2v) is 14.1. The average Bonchev–Trinajstić information content (AvgIpc) is 3.60. The lowest BCUT2D eigenvalue weighted by molar-refractivity contribution is -0.115. The Bertz CT molecular complexity index is 2160. The van der Waals surface area contributed by atoms with Gasteiger partial charge in [-0.15, -0.1) is 23.1 Å². The van der Waals surface area contributed by atoms with Gasteiger partial charge in [0.25, 0.3) is 11.8 Å². The number of carbonyl (C=O) groups excluding carboxylic acids is 4. The minimum absolute atomic E-state index is 0.0497. The number of anilines is 2. The fourth-order valence-electron chi connectivity index (χ4n) is 5.31. The Kier molecular flexibility index (Phi) is 13.1. The van der Waals surface area contributed by atoms with Gasteiger partial charge < -0.3 is 34.9 Å². The van der Waals surface area contributed by atoms with Gasteiger partial charge >= 0.3 is 5.97 Å². The van der Waals surface area contributed by atoms with Gasteiger partial charge in [-0.1, -0.05) is 54.1 Å². The van der Waals surface area contributed by atoms with E-state index in [1.54, 1.807) is 67.6 Å². The molecule has 0 fully saturated rings. The van der Waals surface area contributed by atoms with Crippen molar-refractivity contribution < 1.29 is 38.1 Å². The summed E-state index contributed by atoms with van der Waals surface area (Å²) in [4.78, 5) is 54.0. The van der Waals surface area contributed by atoms with E-state index in [1.807, 2.05) is 42.6 Å². The van der Waals surface area contributed by atoms with Crippen molar-refractivity contribution in [3.05, 3.63) is 124 Å². The zero-order chi connectivity index (χ0) is 38.8. The molecule has 11 nitrogen and oxygen atoms in total. The summed E-state index contributed by atoms with van der Waals surface area (Å²) in [5.74, 6) is -0.848. The lowest BCUT2D eigenvalue weighted by atomic mass is 10.0. The predicted molar refractivity (Wildman–Crippen MR) is 213 cm³/mol. The number of amides is 3. The lowest BCUT2D eigenvalue weighted by Gasteiger charge is -2.15. The molecule has 0 spiro atoms. The average molecular weight is 766 g/mol. The van der Waals surface area contributed by atoms with Crippen LogP contribution < -0.4 is 30.2 Å². The van der Waals surface area contributed by atoms with Gasteiger partial charge in [0.1, 0.15) is 16.3 Å². The quantitative estimate of drug-likeness (QED) is 0.0582. The summed E-state index contributed by atoms with van der Waals surface area (Å²) in [5.41, 5.74) is 4.11. The molecular formula is C41H39N3O8S2. The van der Waals surface area contributed by atoms with Crippen LogP contribution in [-0.2, 0) is 14.3 Å². The van der Waals surface area contributed by atoms with Crippen molar-refractivity contribution in [1.82, 2.24) is 5.32 Å². The van der Waals surface area contributed by atoms with Crippen LogP contribution in [0, 0.1) is 6.92 Å². The number of esters is 1. The maximum absolute atomic E-state index is 13.8. The lowest BCUT2D eigenvalue weighted by Crippen LogP contribution is -2.30. The van der Waals surface area contributed by atoms with Crippen molar-refractivity contribution in [2.45, 2.75) is 24.0 Å². The summed E-state index contributed by atoms with van der Waals surface area (Å²) >= 11 is 2.52. The summed E-state index contributed by atoms with van der Waals surface area (Å²) in [7, 11) is 5.75. The highest BCUT2D eigenvalue weighted by molar-refractivity contribution is 8.00. The van der Waals surface area contributed by atoms with Crippen molar-refractivity contribution in [1.29, 1.82) is 0 Å². The summed E-state index contributed by atoms with van der Waals surface area (Å²) in [6.45, 7) is 3.72. The fourth-order valence-corrected chi connectivity index (χ4v) is 7.20. The van der Waals surface area contributed by atoms with Gasteiger partial charge in [0.05, 0.1) is 33.7 Å². The van der Waals surface area contributed by atoms with E-state index in [2.05, 4.69) is 16.0 Å². The number of methoxy groups -OCH3 is 4. The molecule has 0 bridgehead atoms. The highest BCUT2D eigenvalue weighted by Gasteiger charge is 2.25. The summed E-state index contributed by atoms with van der Waals surface area (Å²) in [5, 5.41) is 10.1. The first-order chi connectivity index (χ1) is 26.0. The van der Waals surface area contributed by atoms with E-state index in [1.165, 1.54) is 57.6 Å². The van der Waals surface area contributed by atoms with Gasteiger partial charge in [-0.25, -0.2) is 4.79 Å². The number of thiophene rings is 1. The monoisotopic (exact) mass is 765 g/mol. The SMILES string of the molecule is COC(=O)c1c(-c2ccc(C)cc2)csc1NC(=O)C(C)Sc1cccc(NC(=O)/C(=C\c2cc(OC)c(OC)c(OC)c2)NC(=O)c2ccccc2)c1. The second-order valence-electron chi connectivity index (χ2n) is 11.8. The standard InChI is InChI=1S/C41H39N3O8S2/c1-24-15-17-27(18-16-24)31-23-53-40(35(31)41(48)52-6)44-37(45)25(2)54-30-14-10-13-29(22-30)42-39(47)32(43-38(46)28-11-8-7-9-12-28)19-26-20-33(49-3)36(51-5)34(21-26)50-4/h7-23,25H,1-6H3,(H,42,47)(H,43,46)(H,44,45)/b32-19+. The normalized spacial score (nSPS) is 11.6. The van der Waals surface area contributed by atoms with Gasteiger partial charge in [-0.05, 0) is 73.5 Å². The maximum atomic E-state index is 13.8. The highest BCUT2D eigenvalue weighted by Crippen LogP contribution is 2.39. The van der Waals surface area contributed by atoms with Gasteiger partial charge in [-0.2, -0.15) is 0 Å². The van der Waals surface area contributed by atoms with E-state index in [0.29, 0.717) is 49.5 Å². The molecule has 5 aromatic rings. The molecule has 3 amide bonds. The molecule has 278 valence electrons. The molecule has 1 heterocycles. The second kappa shape index (κ2) is 18.1. The summed E-state index contributed by atoms with van der Waals surface area (Å²) in [6.07, 6.45) is 1.50. The zero-order valence-electron chi connectivity index (χ0n) is 30.5. The van der Waals surface area contributed by atoms with Gasteiger partial charge in [0.2, 0.25) is 11.7 Å². The van der Waals surface area contributed by atoms with Crippen molar-refractivity contribution in [2.75, 3.05) is 39.1 Å². The van der Waals surface area contributed by atoms with Crippen LogP contribution in [-0.4, -0.2) is 57.4 Å². The van der Waals surface area contributed by atoms with Crippen LogP contribution in [0.1, 0.15) is 38.8 Å². The van der Waals surface area contributed by atoms with Crippen molar-refractivity contribution in [3.8, 4) is 28.4 Å². The van der Waals surface area contributed by atoms with Crippen LogP contribution in [0.3, 0.4) is 0 Å². The number of nitrogens with one attached hydrogen (secondary N) is 3. The Labute approximate surface area is 321 Å². The number of benzene rings is 4. The Morgan fingerprint density at radius 2 is 1.48 bits per heavy atom. The van der Waals surface area contributed by atoms with Crippen LogP contribution in [0.2, 0.25) is 0 Å². The first kappa shape index (κ1) is 39.2. The number of ether oxygens (including phenoxy) is 4. The first-order valence-electron chi connectivity index (χ1n) is 16.6. The highest BCUT2D eigenvalue weighted by atomic mass is 32.2. The number of hydrogen-bond donors (Lipinski definition) is 3. The van der Waals surface area contributed by atoms with Crippen LogP contribution >= 0.6 is 23.1 Å². The zero-order valence-corrected chi connectivity index (χ0v) is 32.1. The Hall–Kier alpha value is -6.05. The van der Waals surface area contributed by atoms with Gasteiger partial charge in [0.15, 0.2) is 11.5 Å². The molecule has 54 heavy (non-hydrogen) atoms. The molecule has 0 saturated heterocycles. The topological polar surface area (TPSA) is 141 Å². The van der Waals surface area contributed by atoms with E-state index >= 15 is 0 Å². The van der Waals surface area contributed by atoms with Crippen molar-refractivity contribution in [3.63, 3.8) is 0 Å². The predicted octanol–water partition coefficient (Wildman–Crippen LogP) is 8.06. The van der Waals surface area contributed by atoms with Crippen LogP contribution in [0.25, 0.3) is 17.2 Å². The van der Waals surface area contributed by atoms with Crippen molar-refractivity contribution >= 4 is 63.6 Å². The number of hydrogen-bond acceptors (Lipinski definition) is 10. The molecule has 0 aliphatic heterocycles. The molecule has 1 unspecified atom stereocenters. The third kappa shape index (κ3) is 9.48. The molecule has 3 N–H and O–H groups in total. The largest absolute Gasteiger partial charge is 0.493 e. The third-order valence-electron chi connectivity index (χ3n) is 8.08. The molecular weight excluding hydrogens is 727 g/mol. The first-order valence-corrected chi connectivity index (χ1v) is 18.3. The smallest absolute Gasteiger partial charge is 0.341 e. The number of thioether (sulfide) groups is 1. The minimum atomic E-state index is -0.599. The van der Waals surface area contributed by atoms with Crippen molar-refractivity contribution in [2.24, 2.45) is 0 Å². The molecule has 1 atom stereocenters. The fraction of sp³-hybridized carbons (Fsp3) is 0.171. The number of aryl methyl sites for hydroxylation is 1. The van der Waals surface area contributed by atoms with E-state index < -0.39 is 23.0 Å². The van der Waals surface area contributed by atoms with Crippen LogP contribution in [0.4, 0.5) is 10.7 Å². The third-order valence-corrected chi connectivity index (χ3v) is 10.1. The summed E-state index contributed by atoms with van der Waals surface area (Å²) in [6, 6.07) is 26.6.